The van der Waals surface area contributed by atoms with Crippen molar-refractivity contribution >= 4 is 46.2 Å². The van der Waals surface area contributed by atoms with E-state index in [9.17, 15) is 30.0 Å². The highest BCUT2D eigenvalue weighted by atomic mass is 16.5. The number of anilines is 5. The number of hydrogen-bond donors (Lipinski definition) is 6. The van der Waals surface area contributed by atoms with E-state index in [1.54, 1.807) is 31.5 Å². The fourth-order valence-corrected chi connectivity index (χ4v) is 10.9. The second kappa shape index (κ2) is 25.5. The Morgan fingerprint density at radius 2 is 1.29 bits per heavy atom. The van der Waals surface area contributed by atoms with E-state index in [1.165, 1.54) is 0 Å². The summed E-state index contributed by atoms with van der Waals surface area (Å²) in [6.45, 7) is 8.32. The van der Waals surface area contributed by atoms with Gasteiger partial charge in [-0.15, -0.1) is 5.10 Å². The zero-order chi connectivity index (χ0) is 54.8. The number of unbranched alkanes of at least 4 members (excludes halogenated alkanes) is 2. The van der Waals surface area contributed by atoms with E-state index < -0.39 is 29.5 Å². The van der Waals surface area contributed by atoms with Crippen molar-refractivity contribution in [2.75, 3.05) is 60.8 Å². The van der Waals surface area contributed by atoms with Crippen molar-refractivity contribution < 1.29 is 44.3 Å². The van der Waals surface area contributed by atoms with Crippen molar-refractivity contribution in [1.29, 1.82) is 0 Å². The Labute approximate surface area is 456 Å². The van der Waals surface area contributed by atoms with Crippen LogP contribution in [0, 0.1) is 5.92 Å². The molecule has 78 heavy (non-hydrogen) atoms. The molecule has 6 aromatic rings. The zero-order valence-corrected chi connectivity index (χ0v) is 44.8. The number of amides is 3. The molecule has 6 N–H and O–H groups in total. The number of ether oxygens (including phenoxy) is 2. The van der Waals surface area contributed by atoms with Crippen LogP contribution in [0.1, 0.15) is 92.3 Å². The Hall–Kier alpha value is -7.25. The van der Waals surface area contributed by atoms with Gasteiger partial charge in [0.2, 0.25) is 11.8 Å². The third-order valence-corrected chi connectivity index (χ3v) is 15.0. The molecule has 0 fully saturated rings. The van der Waals surface area contributed by atoms with Crippen LogP contribution in [0.25, 0.3) is 0 Å². The van der Waals surface area contributed by atoms with Crippen molar-refractivity contribution in [3.8, 4) is 11.5 Å². The van der Waals surface area contributed by atoms with Crippen LogP contribution < -0.4 is 34.8 Å². The van der Waals surface area contributed by atoms with Crippen LogP contribution in [-0.2, 0) is 45.9 Å². The van der Waals surface area contributed by atoms with Crippen molar-refractivity contribution in [2.24, 2.45) is 5.92 Å². The fraction of sp³-hybridized carbons (Fsp3) is 0.393. The summed E-state index contributed by atoms with van der Waals surface area (Å²) in [6, 6.07) is 32.9. The minimum absolute atomic E-state index is 0.0560. The molecule has 4 heterocycles. The predicted octanol–water partition coefficient (Wildman–Crippen LogP) is 7.12. The van der Waals surface area contributed by atoms with Crippen LogP contribution in [0.15, 0.2) is 128 Å². The molecule has 0 saturated carbocycles. The van der Waals surface area contributed by atoms with Gasteiger partial charge in [0, 0.05) is 48.8 Å². The molecule has 17 heteroatoms. The number of carbonyl (C=O) groups is 3. The summed E-state index contributed by atoms with van der Waals surface area (Å²) in [7, 11) is 0. The summed E-state index contributed by atoms with van der Waals surface area (Å²) in [5, 5.41) is 57.7. The van der Waals surface area contributed by atoms with E-state index in [2.05, 4.69) is 20.9 Å². The minimum Gasteiger partial charge on any atom is -0.494 e. The molecule has 9 rings (SSSR count). The number of rotatable bonds is 26. The number of hydrogen-bond acceptors (Lipinski definition) is 13. The highest BCUT2D eigenvalue weighted by Crippen LogP contribution is 2.49. The Bertz CT molecular complexity index is 3060. The molecule has 17 nitrogen and oxygen atoms in total. The molecule has 3 aliphatic rings. The quantitative estimate of drug-likeness (QED) is 0.0236. The molecular formula is C61H72N8O9. The van der Waals surface area contributed by atoms with Crippen LogP contribution in [0.2, 0.25) is 0 Å². The normalized spacial score (nSPS) is 18.8. The fourth-order valence-electron chi connectivity index (χ4n) is 10.9. The molecule has 5 atom stereocenters. The molecule has 0 spiro atoms. The molecular weight excluding hydrogens is 989 g/mol. The number of aliphatic hydroxyl groups is 4. The first kappa shape index (κ1) is 55.5. The van der Waals surface area contributed by atoms with E-state index in [0.29, 0.717) is 111 Å². The first-order valence-electron chi connectivity index (χ1n) is 27.4. The molecule has 3 amide bonds. The maximum absolute atomic E-state index is 15.2. The van der Waals surface area contributed by atoms with Gasteiger partial charge in [-0.25, -0.2) is 0 Å². The van der Waals surface area contributed by atoms with Gasteiger partial charge in [-0.1, -0.05) is 66.8 Å². The Morgan fingerprint density at radius 1 is 0.718 bits per heavy atom. The number of nitrogens with zero attached hydrogens (tertiary/aromatic N) is 6. The zero-order valence-electron chi connectivity index (χ0n) is 44.8. The summed E-state index contributed by atoms with van der Waals surface area (Å²) in [4.78, 5) is 49.1. The number of allylic oxidation sites excluding steroid dienone is 1. The summed E-state index contributed by atoms with van der Waals surface area (Å²) in [6.07, 6.45) is 9.64. The van der Waals surface area contributed by atoms with Crippen LogP contribution in [0.5, 0.6) is 11.5 Å². The highest BCUT2D eigenvalue weighted by molar-refractivity contribution is 6.10. The molecule has 0 aliphatic carbocycles. The molecule has 0 saturated heterocycles. The van der Waals surface area contributed by atoms with Crippen LogP contribution >= 0.6 is 0 Å². The van der Waals surface area contributed by atoms with Crippen molar-refractivity contribution in [3.05, 3.63) is 161 Å². The molecule has 3 aliphatic heterocycles. The number of aryl methyl sites for hydroxylation is 1. The van der Waals surface area contributed by atoms with Crippen molar-refractivity contribution in [2.45, 2.75) is 102 Å². The second-order valence-electron chi connectivity index (χ2n) is 20.2. The summed E-state index contributed by atoms with van der Waals surface area (Å²) in [5.41, 5.74) is 5.56. The topological polar surface area (TPSA) is 215 Å². The highest BCUT2D eigenvalue weighted by Gasteiger charge is 2.53. The van der Waals surface area contributed by atoms with Crippen LogP contribution in [0.3, 0.4) is 0 Å². The van der Waals surface area contributed by atoms with Gasteiger partial charge in [0.1, 0.15) is 11.5 Å². The van der Waals surface area contributed by atoms with Crippen molar-refractivity contribution in [1.82, 2.24) is 25.6 Å². The maximum atomic E-state index is 15.2. The number of carbonyl (C=O) groups excluding carboxylic acids is 3. The van der Waals surface area contributed by atoms with Gasteiger partial charge in [-0.2, -0.15) is 0 Å². The van der Waals surface area contributed by atoms with Crippen LogP contribution in [0.4, 0.5) is 28.4 Å². The standard InChI is InChI=1S/C61H72N8O9/c1-4-77-48-23-26-55-44(33-48)35-52(62-28-10-13-31-70)58(73)68(55)46-20-18-42(19-21-46)38-67-57-25-22-47(69-56-27-24-49(78-5-2)34-45(56)36-53(59(69)74)63-29-11-14-32-71)37-51(57)61(76,60(67)75)41(3)15-9-12-30-66-39-54(64-65-66)50(40-72)43-16-7-6-8-17-43/h6-9,15-27,33-34,37,39,41,50,52-53,62-63,70-72,76H,4-5,10-14,28-32,35-36,38,40H2,1-3H3/b15-9+/t41-,50?,52?,53?,61+/m0/s1. The van der Waals surface area contributed by atoms with Crippen LogP contribution in [-0.4, -0.2) is 111 Å². The molecule has 0 bridgehead atoms. The third-order valence-electron chi connectivity index (χ3n) is 15.0. The number of fused-ring (bicyclic) bond motifs is 3. The largest absolute Gasteiger partial charge is 0.494 e. The summed E-state index contributed by atoms with van der Waals surface area (Å²) < 4.78 is 13.4. The predicted molar refractivity (Wildman–Crippen MR) is 299 cm³/mol. The van der Waals surface area contributed by atoms with E-state index in [0.717, 1.165) is 40.1 Å². The summed E-state index contributed by atoms with van der Waals surface area (Å²) >= 11 is 0. The van der Waals surface area contributed by atoms with Gasteiger partial charge in [0.15, 0.2) is 5.60 Å². The average Bonchev–Trinajstić information content (AvgIpc) is 4.22. The smallest absolute Gasteiger partial charge is 0.264 e. The molecule has 3 unspecified atom stereocenters. The van der Waals surface area contributed by atoms with E-state index in [1.807, 2.05) is 136 Å². The van der Waals surface area contributed by atoms with Gasteiger partial charge in [0.05, 0.1) is 67.1 Å². The molecule has 5 aromatic carbocycles. The van der Waals surface area contributed by atoms with Gasteiger partial charge >= 0.3 is 0 Å². The maximum Gasteiger partial charge on any atom is 0.264 e. The lowest BCUT2D eigenvalue weighted by atomic mass is 9.82. The lowest BCUT2D eigenvalue weighted by Gasteiger charge is -2.35. The average molecular weight is 1060 g/mol. The van der Waals surface area contributed by atoms with Gasteiger partial charge < -0.3 is 45.4 Å². The lowest BCUT2D eigenvalue weighted by molar-refractivity contribution is -0.139. The van der Waals surface area contributed by atoms with Gasteiger partial charge in [-0.3, -0.25) is 28.9 Å². The molecule has 1 aromatic heterocycles. The number of nitrogens with one attached hydrogen (secondary N) is 2. The lowest BCUT2D eigenvalue weighted by Crippen LogP contribution is -2.49. The van der Waals surface area contributed by atoms with E-state index >= 15 is 4.79 Å². The van der Waals surface area contributed by atoms with E-state index in [-0.39, 0.29) is 44.1 Å². The Kier molecular flexibility index (Phi) is 18.1. The number of aromatic nitrogens is 3. The third kappa shape index (κ3) is 11.8. The minimum atomic E-state index is -2.06. The Balaban J connectivity index is 1.02. The first-order chi connectivity index (χ1) is 38.0. The van der Waals surface area contributed by atoms with Crippen molar-refractivity contribution in [3.63, 3.8) is 0 Å². The molecule has 410 valence electrons. The first-order valence-corrected chi connectivity index (χ1v) is 27.4. The SMILES string of the molecule is CCOc1ccc2c(c1)CC(NCCCCO)C(=O)N2c1ccc(CN2C(=O)[C@@](O)([C@@H](C)/C=C/CCn3cc(C(CO)c4ccccc4)nn3)c3cc(N4C(=O)C(NCCCCO)Cc5cc(OCC)ccc54)ccc32)cc1. The number of benzene rings is 5. The monoisotopic (exact) mass is 1060 g/mol. The number of aliphatic hydroxyl groups excluding tert-OH is 3. The van der Waals surface area contributed by atoms with Gasteiger partial charge in [0.25, 0.3) is 5.91 Å². The van der Waals surface area contributed by atoms with Gasteiger partial charge in [-0.05, 0) is 161 Å². The van der Waals surface area contributed by atoms with E-state index in [4.69, 9.17) is 9.47 Å². The second-order valence-corrected chi connectivity index (χ2v) is 20.2. The summed E-state index contributed by atoms with van der Waals surface area (Å²) in [5.74, 6) is -0.474. The Morgan fingerprint density at radius 3 is 1.87 bits per heavy atom. The molecule has 0 radical (unpaired) electrons.